The average Bonchev–Trinajstić information content (AvgIpc) is 2.89. The number of rotatable bonds is 5. The number of carbonyl (C=O) groups excluding carboxylic acids is 1. The molecule has 88 valence electrons. The summed E-state index contributed by atoms with van der Waals surface area (Å²) in [6.07, 6.45) is 2.37. The van der Waals surface area contributed by atoms with Gasteiger partial charge in [0, 0.05) is 25.6 Å². The maximum Gasteiger partial charge on any atom is 0.220 e. The van der Waals surface area contributed by atoms with Crippen LogP contribution < -0.4 is 10.6 Å². The summed E-state index contributed by atoms with van der Waals surface area (Å²) in [6.45, 7) is 1.11. The Morgan fingerprint density at radius 2 is 2.56 bits per heavy atom. The number of carbonyl (C=O) groups is 1. The van der Waals surface area contributed by atoms with Crippen molar-refractivity contribution < 1.29 is 14.3 Å². The molecule has 0 bridgehead atoms. The lowest BCUT2D eigenvalue weighted by Gasteiger charge is -2.13. The highest BCUT2D eigenvalue weighted by Crippen LogP contribution is 2.12. The van der Waals surface area contributed by atoms with E-state index in [4.69, 9.17) is 4.42 Å². The Bertz CT molecular complexity index is 337. The first-order chi connectivity index (χ1) is 7.75. The first-order valence-corrected chi connectivity index (χ1v) is 5.47. The zero-order chi connectivity index (χ0) is 11.4. The second-order valence-corrected chi connectivity index (χ2v) is 3.99. The Balaban J connectivity index is 1.66. The number of furan rings is 1. The van der Waals surface area contributed by atoms with Gasteiger partial charge in [-0.3, -0.25) is 4.79 Å². The molecule has 1 aromatic heterocycles. The first kappa shape index (κ1) is 11.2. The number of hydrogen-bond donors (Lipinski definition) is 3. The normalized spacial score (nSPS) is 22.1. The Morgan fingerprint density at radius 1 is 1.69 bits per heavy atom. The van der Waals surface area contributed by atoms with E-state index < -0.39 is 6.10 Å². The molecule has 1 aliphatic rings. The summed E-state index contributed by atoms with van der Waals surface area (Å²) >= 11 is 0. The number of aliphatic hydroxyl groups is 1. The molecule has 1 fully saturated rings. The molecule has 1 amide bonds. The molecule has 2 rings (SSSR count). The average molecular weight is 224 g/mol. The fraction of sp³-hybridized carbons (Fsp3) is 0.545. The van der Waals surface area contributed by atoms with Crippen molar-refractivity contribution in [3.8, 4) is 0 Å². The van der Waals surface area contributed by atoms with Gasteiger partial charge >= 0.3 is 0 Å². The molecule has 1 saturated heterocycles. The minimum atomic E-state index is -0.632. The van der Waals surface area contributed by atoms with Gasteiger partial charge in [0.25, 0.3) is 0 Å². The van der Waals surface area contributed by atoms with Gasteiger partial charge in [-0.15, -0.1) is 0 Å². The van der Waals surface area contributed by atoms with Crippen LogP contribution in [0.4, 0.5) is 0 Å². The van der Waals surface area contributed by atoms with Gasteiger partial charge in [0.1, 0.15) is 11.9 Å². The highest BCUT2D eigenvalue weighted by molar-refractivity contribution is 5.78. The zero-order valence-electron chi connectivity index (χ0n) is 8.98. The Labute approximate surface area is 93.8 Å². The summed E-state index contributed by atoms with van der Waals surface area (Å²) in [4.78, 5) is 10.9. The molecule has 1 aliphatic heterocycles. The topological polar surface area (TPSA) is 74.5 Å². The van der Waals surface area contributed by atoms with Crippen LogP contribution in [0.15, 0.2) is 22.8 Å². The van der Waals surface area contributed by atoms with Crippen LogP contribution in [0.25, 0.3) is 0 Å². The monoisotopic (exact) mass is 224 g/mol. The van der Waals surface area contributed by atoms with Crippen molar-refractivity contribution in [3.05, 3.63) is 24.2 Å². The Morgan fingerprint density at radius 3 is 3.19 bits per heavy atom. The number of aliphatic hydroxyl groups excluding tert-OH is 1. The SMILES string of the molecule is O=C1CCC(CNCC(O)c2ccco2)N1. The van der Waals surface area contributed by atoms with E-state index in [1.165, 1.54) is 6.26 Å². The van der Waals surface area contributed by atoms with Gasteiger partial charge in [0.05, 0.1) is 6.26 Å². The lowest BCUT2D eigenvalue weighted by atomic mass is 10.2. The van der Waals surface area contributed by atoms with Crippen molar-refractivity contribution in [2.45, 2.75) is 25.0 Å². The molecular weight excluding hydrogens is 208 g/mol. The summed E-state index contributed by atoms with van der Waals surface area (Å²) in [6, 6.07) is 3.68. The first-order valence-electron chi connectivity index (χ1n) is 5.47. The van der Waals surface area contributed by atoms with Gasteiger partial charge in [0.2, 0.25) is 5.91 Å². The van der Waals surface area contributed by atoms with Gasteiger partial charge in [-0.2, -0.15) is 0 Å². The molecule has 5 nitrogen and oxygen atoms in total. The molecule has 16 heavy (non-hydrogen) atoms. The predicted octanol–water partition coefficient (Wildman–Crippen LogP) is 0.181. The second kappa shape index (κ2) is 5.14. The van der Waals surface area contributed by atoms with E-state index in [1.54, 1.807) is 12.1 Å². The molecule has 0 aliphatic carbocycles. The molecular formula is C11H16N2O3. The lowest BCUT2D eigenvalue weighted by Crippen LogP contribution is -2.37. The fourth-order valence-electron chi connectivity index (χ4n) is 1.81. The van der Waals surface area contributed by atoms with Crippen LogP contribution >= 0.6 is 0 Å². The summed E-state index contributed by atoms with van der Waals surface area (Å²) < 4.78 is 5.08. The van der Waals surface area contributed by atoms with Crippen LogP contribution in [-0.2, 0) is 4.79 Å². The number of amides is 1. The van der Waals surface area contributed by atoms with Crippen LogP contribution in [0.1, 0.15) is 24.7 Å². The van der Waals surface area contributed by atoms with Crippen LogP contribution in [0.3, 0.4) is 0 Å². The van der Waals surface area contributed by atoms with Crippen molar-refractivity contribution >= 4 is 5.91 Å². The van der Waals surface area contributed by atoms with Crippen LogP contribution in [0.2, 0.25) is 0 Å². The van der Waals surface area contributed by atoms with Gasteiger partial charge in [-0.25, -0.2) is 0 Å². The van der Waals surface area contributed by atoms with E-state index in [0.717, 1.165) is 6.42 Å². The van der Waals surface area contributed by atoms with Crippen LogP contribution in [-0.4, -0.2) is 30.1 Å². The number of hydrogen-bond acceptors (Lipinski definition) is 4. The molecule has 5 heteroatoms. The highest BCUT2D eigenvalue weighted by atomic mass is 16.4. The van der Waals surface area contributed by atoms with E-state index >= 15 is 0 Å². The Kier molecular flexibility index (Phi) is 3.58. The summed E-state index contributed by atoms with van der Waals surface area (Å²) in [5, 5.41) is 15.7. The third-order valence-corrected chi connectivity index (χ3v) is 2.69. The van der Waals surface area contributed by atoms with Gasteiger partial charge in [-0.1, -0.05) is 0 Å². The maximum atomic E-state index is 10.9. The zero-order valence-corrected chi connectivity index (χ0v) is 8.98. The van der Waals surface area contributed by atoms with Crippen molar-refractivity contribution in [3.63, 3.8) is 0 Å². The standard InChI is InChI=1S/C11H16N2O3/c14-9(10-2-1-5-16-10)7-12-6-8-3-4-11(15)13-8/h1-2,5,8-9,12,14H,3-4,6-7H2,(H,13,15). The van der Waals surface area contributed by atoms with Crippen molar-refractivity contribution in [1.82, 2.24) is 10.6 Å². The van der Waals surface area contributed by atoms with E-state index in [0.29, 0.717) is 25.3 Å². The van der Waals surface area contributed by atoms with Crippen LogP contribution in [0.5, 0.6) is 0 Å². The predicted molar refractivity (Wildman–Crippen MR) is 57.7 cm³/mol. The van der Waals surface area contributed by atoms with Crippen molar-refractivity contribution in [2.24, 2.45) is 0 Å². The number of nitrogens with one attached hydrogen (secondary N) is 2. The van der Waals surface area contributed by atoms with Crippen LogP contribution in [0, 0.1) is 0 Å². The fourth-order valence-corrected chi connectivity index (χ4v) is 1.81. The summed E-state index contributed by atoms with van der Waals surface area (Å²) in [7, 11) is 0. The largest absolute Gasteiger partial charge is 0.467 e. The van der Waals surface area contributed by atoms with Crippen molar-refractivity contribution in [2.75, 3.05) is 13.1 Å². The minimum absolute atomic E-state index is 0.110. The van der Waals surface area contributed by atoms with E-state index in [2.05, 4.69) is 10.6 Å². The quantitative estimate of drug-likeness (QED) is 0.667. The van der Waals surface area contributed by atoms with Gasteiger partial charge in [0.15, 0.2) is 0 Å². The summed E-state index contributed by atoms with van der Waals surface area (Å²) in [5.41, 5.74) is 0. The molecule has 2 unspecified atom stereocenters. The van der Waals surface area contributed by atoms with E-state index in [1.807, 2.05) is 0 Å². The minimum Gasteiger partial charge on any atom is -0.467 e. The highest BCUT2D eigenvalue weighted by Gasteiger charge is 2.20. The molecule has 1 aromatic rings. The van der Waals surface area contributed by atoms with Gasteiger partial charge in [-0.05, 0) is 18.6 Å². The third-order valence-electron chi connectivity index (χ3n) is 2.69. The summed E-state index contributed by atoms with van der Waals surface area (Å²) in [5.74, 6) is 0.668. The molecule has 0 aromatic carbocycles. The van der Waals surface area contributed by atoms with E-state index in [-0.39, 0.29) is 11.9 Å². The smallest absolute Gasteiger partial charge is 0.220 e. The molecule has 0 spiro atoms. The third kappa shape index (κ3) is 2.84. The molecule has 3 N–H and O–H groups in total. The lowest BCUT2D eigenvalue weighted by molar-refractivity contribution is -0.119. The second-order valence-electron chi connectivity index (χ2n) is 3.99. The molecule has 0 radical (unpaired) electrons. The van der Waals surface area contributed by atoms with Gasteiger partial charge < -0.3 is 20.2 Å². The van der Waals surface area contributed by atoms with Crippen molar-refractivity contribution in [1.29, 1.82) is 0 Å². The maximum absolute atomic E-state index is 10.9. The molecule has 0 saturated carbocycles. The Hall–Kier alpha value is -1.33. The molecule has 2 heterocycles. The van der Waals surface area contributed by atoms with E-state index in [9.17, 15) is 9.90 Å². The molecule has 2 atom stereocenters.